The third-order valence-electron chi connectivity index (χ3n) is 3.70. The highest BCUT2D eigenvalue weighted by Gasteiger charge is 2.18. The van der Waals surface area contributed by atoms with Gasteiger partial charge < -0.3 is 10.6 Å². The predicted octanol–water partition coefficient (Wildman–Crippen LogP) is 2.42. The number of hydrogen-bond acceptors (Lipinski definition) is 2. The highest BCUT2D eigenvalue weighted by atomic mass is 16.2. The van der Waals surface area contributed by atoms with E-state index in [9.17, 15) is 9.59 Å². The number of hydrogen-bond donors (Lipinski definition) is 2. The lowest BCUT2D eigenvalue weighted by Crippen LogP contribution is -2.23. The fourth-order valence-corrected chi connectivity index (χ4v) is 2.44. The normalized spacial score (nSPS) is 12.7. The first-order valence-corrected chi connectivity index (χ1v) is 6.89. The Morgan fingerprint density at radius 3 is 2.86 bits per heavy atom. The van der Waals surface area contributed by atoms with Gasteiger partial charge in [-0.25, -0.2) is 0 Å². The van der Waals surface area contributed by atoms with Gasteiger partial charge in [0.25, 0.3) is 5.91 Å². The summed E-state index contributed by atoms with van der Waals surface area (Å²) in [6, 6.07) is 13.3. The first-order valence-electron chi connectivity index (χ1n) is 6.89. The van der Waals surface area contributed by atoms with E-state index in [1.165, 1.54) is 0 Å². The summed E-state index contributed by atoms with van der Waals surface area (Å²) in [4.78, 5) is 23.5. The van der Waals surface area contributed by atoms with Crippen LogP contribution in [0.15, 0.2) is 42.5 Å². The number of benzene rings is 2. The van der Waals surface area contributed by atoms with Crippen LogP contribution in [-0.2, 0) is 17.8 Å². The van der Waals surface area contributed by atoms with E-state index in [4.69, 9.17) is 0 Å². The molecule has 1 aliphatic rings. The summed E-state index contributed by atoms with van der Waals surface area (Å²) >= 11 is 0. The second kappa shape index (κ2) is 5.40. The molecule has 106 valence electrons. The van der Waals surface area contributed by atoms with Crippen LogP contribution < -0.4 is 10.6 Å². The molecule has 0 unspecified atom stereocenters. The van der Waals surface area contributed by atoms with Gasteiger partial charge in [-0.05, 0) is 35.7 Å². The van der Waals surface area contributed by atoms with Crippen LogP contribution in [0.25, 0.3) is 0 Å². The van der Waals surface area contributed by atoms with Gasteiger partial charge in [-0.3, -0.25) is 9.59 Å². The minimum absolute atomic E-state index is 0.0255. The molecule has 1 heterocycles. The number of nitrogens with one attached hydrogen (secondary N) is 2. The van der Waals surface area contributed by atoms with Crippen LogP contribution in [0.5, 0.6) is 0 Å². The van der Waals surface area contributed by atoms with Crippen molar-refractivity contribution in [2.45, 2.75) is 19.9 Å². The number of carbonyl (C=O) groups is 2. The predicted molar refractivity (Wildman–Crippen MR) is 81.1 cm³/mol. The molecular weight excluding hydrogens is 264 g/mol. The summed E-state index contributed by atoms with van der Waals surface area (Å²) in [7, 11) is 0. The molecule has 1 aliphatic heterocycles. The summed E-state index contributed by atoms with van der Waals surface area (Å²) in [5, 5.41) is 5.66. The molecule has 0 aliphatic carbocycles. The zero-order chi connectivity index (χ0) is 14.8. The smallest absolute Gasteiger partial charge is 0.251 e. The minimum atomic E-state index is -0.137. The number of aryl methyl sites for hydroxylation is 1. The van der Waals surface area contributed by atoms with Gasteiger partial charge in [-0.15, -0.1) is 0 Å². The number of rotatable bonds is 3. The van der Waals surface area contributed by atoms with E-state index in [0.717, 1.165) is 22.4 Å². The van der Waals surface area contributed by atoms with Gasteiger partial charge in [-0.2, -0.15) is 0 Å². The number of fused-ring (bicyclic) bond motifs is 1. The second-order valence-electron chi connectivity index (χ2n) is 5.21. The Bertz CT molecular complexity index is 722. The van der Waals surface area contributed by atoms with E-state index < -0.39 is 0 Å². The SMILES string of the molecule is Cc1ccccc1CNC(=O)c1ccc2c(c1)NC(=O)C2. The molecule has 0 spiro atoms. The molecule has 0 fully saturated rings. The second-order valence-corrected chi connectivity index (χ2v) is 5.21. The van der Waals surface area contributed by atoms with E-state index in [2.05, 4.69) is 10.6 Å². The number of carbonyl (C=O) groups excluding carboxylic acids is 2. The molecule has 4 heteroatoms. The average molecular weight is 280 g/mol. The van der Waals surface area contributed by atoms with Gasteiger partial charge in [0.1, 0.15) is 0 Å². The van der Waals surface area contributed by atoms with Crippen LogP contribution in [0, 0.1) is 6.92 Å². The third kappa shape index (κ3) is 2.79. The van der Waals surface area contributed by atoms with Gasteiger partial charge in [0.05, 0.1) is 6.42 Å². The monoisotopic (exact) mass is 280 g/mol. The maximum absolute atomic E-state index is 12.2. The Kier molecular flexibility index (Phi) is 3.44. The van der Waals surface area contributed by atoms with Crippen molar-refractivity contribution in [3.05, 3.63) is 64.7 Å². The van der Waals surface area contributed by atoms with E-state index in [1.807, 2.05) is 37.3 Å². The topological polar surface area (TPSA) is 58.2 Å². The highest BCUT2D eigenvalue weighted by molar-refractivity contribution is 6.02. The van der Waals surface area contributed by atoms with Crippen LogP contribution in [0.4, 0.5) is 5.69 Å². The molecule has 0 aromatic heterocycles. The molecule has 3 rings (SSSR count). The fourth-order valence-electron chi connectivity index (χ4n) is 2.44. The molecule has 2 aromatic carbocycles. The van der Waals surface area contributed by atoms with E-state index >= 15 is 0 Å². The van der Waals surface area contributed by atoms with Gasteiger partial charge in [0.15, 0.2) is 0 Å². The molecular formula is C17H16N2O2. The van der Waals surface area contributed by atoms with Crippen LogP contribution in [0.3, 0.4) is 0 Å². The Labute approximate surface area is 123 Å². The lowest BCUT2D eigenvalue weighted by atomic mass is 10.1. The third-order valence-corrected chi connectivity index (χ3v) is 3.70. The Balaban J connectivity index is 1.71. The Morgan fingerprint density at radius 1 is 1.24 bits per heavy atom. The van der Waals surface area contributed by atoms with Gasteiger partial charge >= 0.3 is 0 Å². The zero-order valence-corrected chi connectivity index (χ0v) is 11.8. The van der Waals surface area contributed by atoms with Crippen molar-refractivity contribution >= 4 is 17.5 Å². The van der Waals surface area contributed by atoms with Gasteiger partial charge in [0.2, 0.25) is 5.91 Å². The first-order chi connectivity index (χ1) is 10.1. The fraction of sp³-hybridized carbons (Fsp3) is 0.176. The van der Waals surface area contributed by atoms with Gasteiger partial charge in [-0.1, -0.05) is 30.3 Å². The van der Waals surface area contributed by atoms with Crippen molar-refractivity contribution < 1.29 is 9.59 Å². The number of amides is 2. The molecule has 0 bridgehead atoms. The minimum Gasteiger partial charge on any atom is -0.348 e. The van der Waals surface area contributed by atoms with E-state index in [0.29, 0.717) is 18.5 Å². The van der Waals surface area contributed by atoms with Crippen molar-refractivity contribution in [3.8, 4) is 0 Å². The first kappa shape index (κ1) is 13.4. The summed E-state index contributed by atoms with van der Waals surface area (Å²) in [5.41, 5.74) is 4.49. The van der Waals surface area contributed by atoms with Crippen molar-refractivity contribution in [1.82, 2.24) is 5.32 Å². The van der Waals surface area contributed by atoms with Gasteiger partial charge in [0, 0.05) is 17.8 Å². The van der Waals surface area contributed by atoms with Crippen LogP contribution in [0.2, 0.25) is 0 Å². The summed E-state index contributed by atoms with van der Waals surface area (Å²) in [5.74, 6) is -0.162. The Morgan fingerprint density at radius 2 is 2.05 bits per heavy atom. The highest BCUT2D eigenvalue weighted by Crippen LogP contribution is 2.24. The Hall–Kier alpha value is -2.62. The van der Waals surface area contributed by atoms with E-state index in [1.54, 1.807) is 12.1 Å². The molecule has 2 N–H and O–H groups in total. The molecule has 0 saturated heterocycles. The largest absolute Gasteiger partial charge is 0.348 e. The van der Waals surface area contributed by atoms with Crippen LogP contribution in [0.1, 0.15) is 27.0 Å². The van der Waals surface area contributed by atoms with Crippen LogP contribution >= 0.6 is 0 Å². The molecule has 4 nitrogen and oxygen atoms in total. The molecule has 0 atom stereocenters. The quantitative estimate of drug-likeness (QED) is 0.907. The summed E-state index contributed by atoms with van der Waals surface area (Å²) in [6.45, 7) is 2.52. The lowest BCUT2D eigenvalue weighted by Gasteiger charge is -2.09. The molecule has 0 saturated carbocycles. The van der Waals surface area contributed by atoms with Crippen molar-refractivity contribution in [3.63, 3.8) is 0 Å². The molecule has 0 radical (unpaired) electrons. The summed E-state index contributed by atoms with van der Waals surface area (Å²) in [6.07, 6.45) is 0.389. The van der Waals surface area contributed by atoms with Crippen molar-refractivity contribution in [2.75, 3.05) is 5.32 Å². The maximum Gasteiger partial charge on any atom is 0.251 e. The number of anilines is 1. The molecule has 2 aromatic rings. The average Bonchev–Trinajstić information content (AvgIpc) is 2.85. The van der Waals surface area contributed by atoms with E-state index in [-0.39, 0.29) is 11.8 Å². The summed E-state index contributed by atoms with van der Waals surface area (Å²) < 4.78 is 0. The van der Waals surface area contributed by atoms with Crippen LogP contribution in [-0.4, -0.2) is 11.8 Å². The zero-order valence-electron chi connectivity index (χ0n) is 11.8. The maximum atomic E-state index is 12.2. The van der Waals surface area contributed by atoms with Crippen molar-refractivity contribution in [1.29, 1.82) is 0 Å². The lowest BCUT2D eigenvalue weighted by molar-refractivity contribution is -0.115. The molecule has 21 heavy (non-hydrogen) atoms. The van der Waals surface area contributed by atoms with Crippen molar-refractivity contribution in [2.24, 2.45) is 0 Å². The standard InChI is InChI=1S/C17H16N2O2/c1-11-4-2-3-5-14(11)10-18-17(21)13-7-6-12-9-16(20)19-15(12)8-13/h2-8H,9-10H2,1H3,(H,18,21)(H,19,20). The molecule has 2 amide bonds.